The van der Waals surface area contributed by atoms with E-state index in [1.54, 1.807) is 10.9 Å². The highest BCUT2D eigenvalue weighted by molar-refractivity contribution is 5.86. The number of nitrogens with one attached hydrogen (secondary N) is 2. The summed E-state index contributed by atoms with van der Waals surface area (Å²) in [5.74, 6) is 0. The fraction of sp³-hybridized carbons (Fsp3) is 0.160. The number of aromatic nitrogens is 2. The van der Waals surface area contributed by atoms with E-state index in [1.165, 1.54) is 23.3 Å². The molecular weight excluding hydrogens is 388 g/mol. The first kappa shape index (κ1) is 20.5. The molecule has 0 atom stereocenters. The third-order valence-corrected chi connectivity index (χ3v) is 5.14. The van der Waals surface area contributed by atoms with Crippen molar-refractivity contribution >= 4 is 23.2 Å². The molecule has 0 spiro atoms. The van der Waals surface area contributed by atoms with Crippen molar-refractivity contribution in [1.82, 2.24) is 9.78 Å². The Morgan fingerprint density at radius 2 is 2.03 bits per heavy atom. The minimum atomic E-state index is -0.214. The Morgan fingerprint density at radius 3 is 2.74 bits per heavy atom. The van der Waals surface area contributed by atoms with E-state index >= 15 is 0 Å². The van der Waals surface area contributed by atoms with E-state index in [4.69, 9.17) is 10.1 Å². The summed E-state index contributed by atoms with van der Waals surface area (Å²) >= 11 is 0. The van der Waals surface area contributed by atoms with Gasteiger partial charge in [-0.15, -0.1) is 0 Å². The second kappa shape index (κ2) is 9.36. The molecule has 1 aliphatic heterocycles. The Morgan fingerprint density at radius 1 is 1.19 bits per heavy atom. The molecule has 4 rings (SSSR count). The van der Waals surface area contributed by atoms with E-state index in [0.717, 1.165) is 36.2 Å². The zero-order valence-corrected chi connectivity index (χ0v) is 17.3. The molecule has 2 aromatic carbocycles. The van der Waals surface area contributed by atoms with Crippen molar-refractivity contribution in [3.63, 3.8) is 0 Å². The van der Waals surface area contributed by atoms with Crippen LogP contribution in [0.4, 0.5) is 5.69 Å². The van der Waals surface area contributed by atoms with Gasteiger partial charge in [-0.25, -0.2) is 4.68 Å². The van der Waals surface area contributed by atoms with Crippen molar-refractivity contribution in [1.29, 1.82) is 5.41 Å². The van der Waals surface area contributed by atoms with Crippen LogP contribution in [0, 0.1) is 12.3 Å². The van der Waals surface area contributed by atoms with E-state index < -0.39 is 0 Å². The lowest BCUT2D eigenvalue weighted by atomic mass is 9.99. The lowest BCUT2D eigenvalue weighted by Gasteiger charge is -2.17. The molecule has 1 aliphatic rings. The third-order valence-electron chi connectivity index (χ3n) is 5.14. The molecule has 1 aromatic heterocycles. The minimum Gasteiger partial charge on any atom is -0.377 e. The van der Waals surface area contributed by atoms with Crippen molar-refractivity contribution in [3.8, 4) is 5.69 Å². The summed E-state index contributed by atoms with van der Waals surface area (Å²) in [4.78, 5) is 12.6. The first-order valence-corrected chi connectivity index (χ1v) is 10.2. The van der Waals surface area contributed by atoms with Crippen LogP contribution in [0.1, 0.15) is 23.2 Å². The van der Waals surface area contributed by atoms with Crippen molar-refractivity contribution < 1.29 is 4.74 Å². The lowest BCUT2D eigenvalue weighted by molar-refractivity contribution is 0.161. The Labute approximate surface area is 181 Å². The highest BCUT2D eigenvalue weighted by atomic mass is 16.5. The summed E-state index contributed by atoms with van der Waals surface area (Å²) in [6, 6.07) is 17.3. The molecule has 6 nitrogen and oxygen atoms in total. The number of nitrogens with zero attached hydrogens (tertiary/aromatic N) is 2. The fourth-order valence-corrected chi connectivity index (χ4v) is 3.57. The Balaban J connectivity index is 1.70. The van der Waals surface area contributed by atoms with E-state index in [2.05, 4.69) is 28.6 Å². The quantitative estimate of drug-likeness (QED) is 0.587. The molecule has 2 N–H and O–H groups in total. The van der Waals surface area contributed by atoms with Gasteiger partial charge in [-0.1, -0.05) is 30.3 Å². The van der Waals surface area contributed by atoms with Gasteiger partial charge in [0.15, 0.2) is 5.69 Å². The highest BCUT2D eigenvalue weighted by Gasteiger charge is 2.13. The number of hydrogen-bond donors (Lipinski definition) is 2. The zero-order chi connectivity index (χ0) is 21.6. The largest absolute Gasteiger partial charge is 0.377 e. The maximum atomic E-state index is 12.6. The summed E-state index contributed by atoms with van der Waals surface area (Å²) in [5.41, 5.74) is 5.75. The number of rotatable bonds is 6. The summed E-state index contributed by atoms with van der Waals surface area (Å²) in [5, 5.41) is 15.3. The van der Waals surface area contributed by atoms with Gasteiger partial charge in [0.2, 0.25) is 5.43 Å². The van der Waals surface area contributed by atoms with Gasteiger partial charge in [-0.2, -0.15) is 5.10 Å². The molecule has 31 heavy (non-hydrogen) atoms. The van der Waals surface area contributed by atoms with Crippen molar-refractivity contribution in [2.45, 2.75) is 13.3 Å². The monoisotopic (exact) mass is 412 g/mol. The molecule has 0 amide bonds. The lowest BCUT2D eigenvalue weighted by Crippen LogP contribution is -2.18. The van der Waals surface area contributed by atoms with Gasteiger partial charge in [0, 0.05) is 24.2 Å². The Kier molecular flexibility index (Phi) is 6.19. The number of anilines is 1. The van der Waals surface area contributed by atoms with Crippen LogP contribution in [-0.4, -0.2) is 29.2 Å². The van der Waals surface area contributed by atoms with Crippen LogP contribution in [0.5, 0.6) is 0 Å². The molecule has 0 saturated carbocycles. The average Bonchev–Trinajstić information content (AvgIpc) is 2.80. The van der Waals surface area contributed by atoms with E-state index in [0.29, 0.717) is 12.3 Å². The number of ether oxygens (including phenoxy) is 1. The van der Waals surface area contributed by atoms with Crippen LogP contribution >= 0.6 is 0 Å². The van der Waals surface area contributed by atoms with E-state index in [1.807, 2.05) is 43.3 Å². The van der Waals surface area contributed by atoms with E-state index in [9.17, 15) is 4.79 Å². The van der Waals surface area contributed by atoms with Gasteiger partial charge in [0.05, 0.1) is 24.6 Å². The molecule has 0 unspecified atom stereocenters. The van der Waals surface area contributed by atoms with Crippen molar-refractivity contribution in [2.24, 2.45) is 0 Å². The first-order valence-electron chi connectivity index (χ1n) is 10.2. The third kappa shape index (κ3) is 4.70. The number of allylic oxidation sites excluding steroid dienone is 1. The van der Waals surface area contributed by atoms with Gasteiger partial charge >= 0.3 is 0 Å². The molecule has 0 radical (unpaired) electrons. The van der Waals surface area contributed by atoms with Gasteiger partial charge in [0.25, 0.3) is 0 Å². The average molecular weight is 412 g/mol. The summed E-state index contributed by atoms with van der Waals surface area (Å²) in [6.45, 7) is 3.43. The second-order valence-corrected chi connectivity index (χ2v) is 7.27. The predicted molar refractivity (Wildman–Crippen MR) is 125 cm³/mol. The molecule has 3 aromatic rings. The molecule has 0 bridgehead atoms. The normalized spacial score (nSPS) is 14.1. The number of benzene rings is 2. The van der Waals surface area contributed by atoms with Crippen molar-refractivity contribution in [2.75, 3.05) is 18.5 Å². The zero-order valence-electron chi connectivity index (χ0n) is 17.3. The van der Waals surface area contributed by atoms with Crippen LogP contribution < -0.4 is 10.7 Å². The molecule has 2 heterocycles. The molecular formula is C25H24N4O2. The van der Waals surface area contributed by atoms with E-state index in [-0.39, 0.29) is 11.1 Å². The smallest absolute Gasteiger partial charge is 0.209 e. The number of para-hydroxylation sites is 1. The molecule has 6 heteroatoms. The summed E-state index contributed by atoms with van der Waals surface area (Å²) < 4.78 is 7.11. The molecule has 0 saturated heterocycles. The van der Waals surface area contributed by atoms with Gasteiger partial charge < -0.3 is 15.5 Å². The topological polar surface area (TPSA) is 80.0 Å². The second-order valence-electron chi connectivity index (χ2n) is 7.27. The van der Waals surface area contributed by atoms with Crippen LogP contribution in [-0.2, 0) is 4.74 Å². The Hall–Kier alpha value is -3.77. The first-order chi connectivity index (χ1) is 15.2. The highest BCUT2D eigenvalue weighted by Crippen LogP contribution is 2.25. The SMILES string of the molecule is Cc1cc(C2=CCOCC2)ccc1-n1ccc(=O)c(/C(=C/C=N)Nc2ccccc2)n1. The van der Waals surface area contributed by atoms with Crippen LogP contribution in [0.2, 0.25) is 0 Å². The standard InChI is InChI=1S/C25H24N4O2/c1-18-17-20(19-11-15-31-16-12-19)7-8-23(18)29-14-10-24(30)25(28-29)22(9-13-26)27-21-5-3-2-4-6-21/h2-11,13-14,17,26-27H,12,15-16H2,1H3/b22-9-,26-13?. The summed E-state index contributed by atoms with van der Waals surface area (Å²) in [6.07, 6.45) is 7.38. The van der Waals surface area contributed by atoms with Crippen LogP contribution in [0.25, 0.3) is 17.0 Å². The van der Waals surface area contributed by atoms with Gasteiger partial charge in [-0.05, 0) is 60.4 Å². The Bertz CT molecular complexity index is 1210. The van der Waals surface area contributed by atoms with Gasteiger partial charge in [-0.3, -0.25) is 4.79 Å². The van der Waals surface area contributed by atoms with Crippen molar-refractivity contribution in [3.05, 3.63) is 100.0 Å². The minimum absolute atomic E-state index is 0.214. The summed E-state index contributed by atoms with van der Waals surface area (Å²) in [7, 11) is 0. The maximum absolute atomic E-state index is 12.6. The molecule has 0 fully saturated rings. The van der Waals surface area contributed by atoms with Gasteiger partial charge in [0.1, 0.15) is 0 Å². The van der Waals surface area contributed by atoms with Crippen LogP contribution in [0.3, 0.4) is 0 Å². The van der Waals surface area contributed by atoms with Crippen LogP contribution in [0.15, 0.2) is 77.7 Å². The fourth-order valence-electron chi connectivity index (χ4n) is 3.57. The number of aryl methyl sites for hydroxylation is 1. The molecule has 156 valence electrons. The maximum Gasteiger partial charge on any atom is 0.209 e. The molecule has 0 aliphatic carbocycles. The number of hydrogen-bond acceptors (Lipinski definition) is 5. The predicted octanol–water partition coefficient (Wildman–Crippen LogP) is 4.45.